The maximum absolute atomic E-state index is 10.9. The molecule has 0 aliphatic heterocycles. The summed E-state index contributed by atoms with van der Waals surface area (Å²) in [6, 6.07) is 7.11. The highest BCUT2D eigenvalue weighted by Gasteiger charge is 2.15. The number of aryl methyl sites for hydroxylation is 2. The van der Waals surface area contributed by atoms with Crippen LogP contribution in [-0.4, -0.2) is 11.9 Å². The summed E-state index contributed by atoms with van der Waals surface area (Å²) in [6.45, 7) is 4.13. The van der Waals surface area contributed by atoms with E-state index in [-0.39, 0.29) is 18.0 Å². The zero-order valence-corrected chi connectivity index (χ0v) is 11.2. The molecule has 3 nitrogen and oxygen atoms in total. The Balaban J connectivity index is 2.00. The van der Waals surface area contributed by atoms with Crippen molar-refractivity contribution in [2.75, 3.05) is 0 Å². The van der Waals surface area contributed by atoms with Crippen LogP contribution in [0.2, 0.25) is 0 Å². The highest BCUT2D eigenvalue weighted by Crippen LogP contribution is 2.25. The maximum Gasteiger partial charge on any atom is 0.218 e. The van der Waals surface area contributed by atoms with Gasteiger partial charge in [-0.3, -0.25) is 4.79 Å². The van der Waals surface area contributed by atoms with E-state index in [2.05, 4.69) is 30.4 Å². The van der Waals surface area contributed by atoms with E-state index in [4.69, 9.17) is 5.73 Å². The van der Waals surface area contributed by atoms with E-state index >= 15 is 0 Å². The van der Waals surface area contributed by atoms with Gasteiger partial charge in [0.1, 0.15) is 0 Å². The quantitative estimate of drug-likeness (QED) is 0.836. The molecule has 0 fully saturated rings. The van der Waals surface area contributed by atoms with E-state index in [1.165, 1.54) is 36.0 Å². The first-order valence-corrected chi connectivity index (χ1v) is 6.72. The monoisotopic (exact) mass is 246 g/mol. The van der Waals surface area contributed by atoms with Gasteiger partial charge in [0.05, 0.1) is 0 Å². The highest BCUT2D eigenvalue weighted by molar-refractivity contribution is 5.74. The van der Waals surface area contributed by atoms with Crippen LogP contribution in [0, 0.1) is 0 Å². The third-order valence-electron chi connectivity index (χ3n) is 3.66. The number of carbonyl (C=O) groups is 1. The molecule has 98 valence electrons. The molecule has 2 unspecified atom stereocenters. The van der Waals surface area contributed by atoms with Gasteiger partial charge >= 0.3 is 0 Å². The molecule has 0 heterocycles. The molecule has 0 saturated heterocycles. The molecule has 0 spiro atoms. The number of benzene rings is 1. The summed E-state index contributed by atoms with van der Waals surface area (Å²) >= 11 is 0. The zero-order valence-electron chi connectivity index (χ0n) is 11.2. The second-order valence-corrected chi connectivity index (χ2v) is 5.34. The molecule has 1 aliphatic carbocycles. The lowest BCUT2D eigenvalue weighted by Gasteiger charge is -2.20. The largest absolute Gasteiger partial charge is 0.370 e. The Morgan fingerprint density at radius 2 is 2.06 bits per heavy atom. The lowest BCUT2D eigenvalue weighted by Crippen LogP contribution is -2.32. The number of carbonyl (C=O) groups excluding carboxylic acids is 1. The zero-order chi connectivity index (χ0) is 13.1. The lowest BCUT2D eigenvalue weighted by molar-refractivity contribution is -0.118. The molecule has 3 heteroatoms. The van der Waals surface area contributed by atoms with Gasteiger partial charge in [0, 0.05) is 18.5 Å². The van der Waals surface area contributed by atoms with Crippen LogP contribution in [0.15, 0.2) is 18.2 Å². The van der Waals surface area contributed by atoms with Crippen molar-refractivity contribution in [3.8, 4) is 0 Å². The molecule has 1 amide bonds. The van der Waals surface area contributed by atoms with Gasteiger partial charge in [0.15, 0.2) is 0 Å². The van der Waals surface area contributed by atoms with Gasteiger partial charge in [-0.15, -0.1) is 0 Å². The third-order valence-corrected chi connectivity index (χ3v) is 3.66. The smallest absolute Gasteiger partial charge is 0.218 e. The van der Waals surface area contributed by atoms with Crippen LogP contribution in [0.4, 0.5) is 0 Å². The maximum atomic E-state index is 10.9. The molecule has 1 aromatic carbocycles. The molecule has 3 N–H and O–H groups in total. The fourth-order valence-electron chi connectivity index (χ4n) is 2.74. The number of rotatable bonds is 5. The van der Waals surface area contributed by atoms with Gasteiger partial charge in [0.25, 0.3) is 0 Å². The van der Waals surface area contributed by atoms with Gasteiger partial charge < -0.3 is 11.1 Å². The predicted octanol–water partition coefficient (Wildman–Crippen LogP) is 2.09. The summed E-state index contributed by atoms with van der Waals surface area (Å²) in [5.74, 6) is -0.254. The van der Waals surface area contributed by atoms with E-state index in [0.717, 1.165) is 0 Å². The molecule has 0 saturated carbocycles. The van der Waals surface area contributed by atoms with Crippen LogP contribution >= 0.6 is 0 Å². The fraction of sp³-hybridized carbons (Fsp3) is 0.533. The Labute approximate surface area is 109 Å². The minimum atomic E-state index is -0.254. The normalized spacial score (nSPS) is 17.2. The van der Waals surface area contributed by atoms with E-state index in [9.17, 15) is 4.79 Å². The predicted molar refractivity (Wildman–Crippen MR) is 73.3 cm³/mol. The van der Waals surface area contributed by atoms with Crippen molar-refractivity contribution in [2.45, 2.75) is 51.6 Å². The molecule has 2 atom stereocenters. The SMILES string of the molecule is CC(CC(N)=O)NC(C)c1ccc2c(c1)CCC2. The number of fused-ring (bicyclic) bond motifs is 1. The number of amides is 1. The van der Waals surface area contributed by atoms with Gasteiger partial charge in [-0.1, -0.05) is 18.2 Å². The molecule has 0 radical (unpaired) electrons. The van der Waals surface area contributed by atoms with Crippen LogP contribution < -0.4 is 11.1 Å². The Hall–Kier alpha value is -1.35. The Kier molecular flexibility index (Phi) is 4.02. The van der Waals surface area contributed by atoms with Crippen molar-refractivity contribution in [3.63, 3.8) is 0 Å². The standard InChI is InChI=1S/C15H22N2O/c1-10(8-15(16)18)17-11(2)13-7-6-12-4-3-5-14(12)9-13/h6-7,9-11,17H,3-5,8H2,1-2H3,(H2,16,18). The number of hydrogen-bond acceptors (Lipinski definition) is 2. The first kappa shape index (κ1) is 13.1. The van der Waals surface area contributed by atoms with Crippen molar-refractivity contribution >= 4 is 5.91 Å². The molecule has 0 aromatic heterocycles. The topological polar surface area (TPSA) is 55.1 Å². The summed E-state index contributed by atoms with van der Waals surface area (Å²) in [6.07, 6.45) is 4.08. The van der Waals surface area contributed by atoms with E-state index < -0.39 is 0 Å². The lowest BCUT2D eigenvalue weighted by atomic mass is 10.0. The molecular weight excluding hydrogens is 224 g/mol. The molecule has 1 aromatic rings. The second kappa shape index (κ2) is 5.53. The number of hydrogen-bond donors (Lipinski definition) is 2. The van der Waals surface area contributed by atoms with Crippen LogP contribution in [0.1, 0.15) is 49.4 Å². The van der Waals surface area contributed by atoms with Crippen LogP contribution in [0.5, 0.6) is 0 Å². The van der Waals surface area contributed by atoms with Gasteiger partial charge in [-0.2, -0.15) is 0 Å². The van der Waals surface area contributed by atoms with Gasteiger partial charge in [0.2, 0.25) is 5.91 Å². The van der Waals surface area contributed by atoms with Crippen molar-refractivity contribution in [2.24, 2.45) is 5.73 Å². The van der Waals surface area contributed by atoms with Crippen LogP contribution in [0.25, 0.3) is 0 Å². The average molecular weight is 246 g/mol. The van der Waals surface area contributed by atoms with E-state index in [1.54, 1.807) is 0 Å². The minimum Gasteiger partial charge on any atom is -0.370 e. The fourth-order valence-corrected chi connectivity index (χ4v) is 2.74. The van der Waals surface area contributed by atoms with Crippen molar-refractivity contribution < 1.29 is 4.79 Å². The Bertz CT molecular complexity index is 442. The van der Waals surface area contributed by atoms with E-state index in [1.807, 2.05) is 6.92 Å². The second-order valence-electron chi connectivity index (χ2n) is 5.34. The summed E-state index contributed by atoms with van der Waals surface area (Å²) in [5, 5.41) is 3.42. The number of nitrogens with one attached hydrogen (secondary N) is 1. The first-order chi connectivity index (χ1) is 8.56. The number of primary amides is 1. The first-order valence-electron chi connectivity index (χ1n) is 6.72. The van der Waals surface area contributed by atoms with Crippen LogP contribution in [0.3, 0.4) is 0 Å². The molecule has 0 bridgehead atoms. The molecule has 1 aliphatic rings. The third kappa shape index (κ3) is 3.10. The molecular formula is C15H22N2O. The Morgan fingerprint density at radius 1 is 1.33 bits per heavy atom. The minimum absolute atomic E-state index is 0.116. The average Bonchev–Trinajstić information content (AvgIpc) is 2.74. The Morgan fingerprint density at radius 3 is 2.78 bits per heavy atom. The van der Waals surface area contributed by atoms with Crippen LogP contribution in [-0.2, 0) is 17.6 Å². The van der Waals surface area contributed by atoms with Crippen molar-refractivity contribution in [1.82, 2.24) is 5.32 Å². The summed E-state index contributed by atoms with van der Waals surface area (Å²) in [4.78, 5) is 10.9. The van der Waals surface area contributed by atoms with Gasteiger partial charge in [-0.25, -0.2) is 0 Å². The number of nitrogens with two attached hydrogens (primary N) is 1. The molecule has 2 rings (SSSR count). The van der Waals surface area contributed by atoms with Gasteiger partial charge in [-0.05, 0) is 49.8 Å². The summed E-state index contributed by atoms with van der Waals surface area (Å²) in [5.41, 5.74) is 9.49. The van der Waals surface area contributed by atoms with E-state index in [0.29, 0.717) is 6.42 Å². The highest BCUT2D eigenvalue weighted by atomic mass is 16.1. The molecule has 18 heavy (non-hydrogen) atoms. The summed E-state index contributed by atoms with van der Waals surface area (Å²) in [7, 11) is 0. The van der Waals surface area contributed by atoms with Crippen molar-refractivity contribution in [1.29, 1.82) is 0 Å². The summed E-state index contributed by atoms with van der Waals surface area (Å²) < 4.78 is 0. The van der Waals surface area contributed by atoms with Crippen molar-refractivity contribution in [3.05, 3.63) is 34.9 Å².